The number of hydrogen-bond acceptors (Lipinski definition) is 4. The first-order chi connectivity index (χ1) is 8.42. The van der Waals surface area contributed by atoms with Gasteiger partial charge in [0.05, 0.1) is 0 Å². The number of carbonyl (C=O) groups excluding carboxylic acids is 1. The minimum absolute atomic E-state index is 0.0396. The van der Waals surface area contributed by atoms with E-state index in [-0.39, 0.29) is 34.6 Å². The lowest BCUT2D eigenvalue weighted by atomic mass is 10.0. The number of aliphatic imine (C=N–C) groups is 1. The summed E-state index contributed by atoms with van der Waals surface area (Å²) in [5, 5.41) is 18.0. The molecule has 1 heterocycles. The molecule has 0 aromatic heterocycles. The highest BCUT2D eigenvalue weighted by molar-refractivity contribution is 6.80. The van der Waals surface area contributed by atoms with E-state index >= 15 is 0 Å². The van der Waals surface area contributed by atoms with E-state index in [1.807, 2.05) is 6.92 Å². The minimum Gasteiger partial charge on any atom is -0.298 e. The molecule has 0 fully saturated rings. The van der Waals surface area contributed by atoms with Crippen molar-refractivity contribution in [3.8, 4) is 0 Å². The van der Waals surface area contributed by atoms with Gasteiger partial charge in [-0.2, -0.15) is 0 Å². The van der Waals surface area contributed by atoms with Crippen LogP contribution in [0.4, 0.5) is 0 Å². The molecule has 2 N–H and O–H groups in total. The zero-order chi connectivity index (χ0) is 13.9. The molecule has 0 saturated carbocycles. The molecule has 0 spiro atoms. The number of allylic oxidation sites excluding steroid dienone is 1. The SMILES string of the molecule is CCC1=C(Cl)N=C(C(C)=O)C(=[N+](O)CC)C(=N)C1. The molecular formula is C12H17ClN3O2+. The first-order valence-electron chi connectivity index (χ1n) is 5.81. The van der Waals surface area contributed by atoms with Crippen molar-refractivity contribution in [3.63, 3.8) is 0 Å². The van der Waals surface area contributed by atoms with Crippen LogP contribution in [0.1, 0.15) is 33.6 Å². The molecule has 1 rings (SSSR count). The Bertz CT molecular complexity index is 490. The summed E-state index contributed by atoms with van der Waals surface area (Å²) in [5.74, 6) is -0.322. The summed E-state index contributed by atoms with van der Waals surface area (Å²) in [5.41, 5.74) is 1.13. The summed E-state index contributed by atoms with van der Waals surface area (Å²) >= 11 is 6.03. The van der Waals surface area contributed by atoms with Gasteiger partial charge in [-0.25, -0.2) is 4.99 Å². The van der Waals surface area contributed by atoms with Gasteiger partial charge in [0.25, 0.3) is 5.71 Å². The van der Waals surface area contributed by atoms with Gasteiger partial charge in [0, 0.05) is 13.3 Å². The second-order valence-electron chi connectivity index (χ2n) is 3.98. The van der Waals surface area contributed by atoms with Gasteiger partial charge < -0.3 is 0 Å². The van der Waals surface area contributed by atoms with Crippen LogP contribution in [0.5, 0.6) is 0 Å². The van der Waals surface area contributed by atoms with Gasteiger partial charge in [-0.1, -0.05) is 18.5 Å². The second kappa shape index (κ2) is 5.91. The molecule has 0 radical (unpaired) electrons. The lowest BCUT2D eigenvalue weighted by Crippen LogP contribution is -2.36. The third-order valence-corrected chi connectivity index (χ3v) is 3.07. The predicted molar refractivity (Wildman–Crippen MR) is 71.2 cm³/mol. The Morgan fingerprint density at radius 3 is 2.61 bits per heavy atom. The summed E-state index contributed by atoms with van der Waals surface area (Å²) in [7, 11) is 0. The van der Waals surface area contributed by atoms with Gasteiger partial charge in [0.15, 0.2) is 18.0 Å². The van der Waals surface area contributed by atoms with Crippen molar-refractivity contribution in [3.05, 3.63) is 10.7 Å². The van der Waals surface area contributed by atoms with Crippen LogP contribution in [0.3, 0.4) is 0 Å². The molecule has 0 aromatic carbocycles. The van der Waals surface area contributed by atoms with Crippen molar-refractivity contribution in [2.45, 2.75) is 33.6 Å². The van der Waals surface area contributed by atoms with Crippen LogP contribution in [0.15, 0.2) is 15.7 Å². The van der Waals surface area contributed by atoms with Crippen LogP contribution in [0.25, 0.3) is 0 Å². The molecule has 5 nitrogen and oxygen atoms in total. The first kappa shape index (κ1) is 14.6. The molecule has 1 aliphatic heterocycles. The zero-order valence-electron chi connectivity index (χ0n) is 10.7. The maximum Gasteiger partial charge on any atom is 0.300 e. The lowest BCUT2D eigenvalue weighted by Gasteiger charge is -2.03. The Balaban J connectivity index is 3.47. The Labute approximate surface area is 111 Å². The second-order valence-corrected chi connectivity index (χ2v) is 4.34. The normalized spacial score (nSPS) is 19.6. The maximum absolute atomic E-state index is 11.6. The summed E-state index contributed by atoms with van der Waals surface area (Å²) in [6.07, 6.45) is 0.947. The zero-order valence-corrected chi connectivity index (χ0v) is 11.5. The minimum atomic E-state index is -0.322. The number of ketones is 1. The number of nitrogens with one attached hydrogen (secondary N) is 1. The highest BCUT2D eigenvalue weighted by atomic mass is 35.5. The third-order valence-electron chi connectivity index (χ3n) is 2.72. The first-order valence-corrected chi connectivity index (χ1v) is 6.18. The van der Waals surface area contributed by atoms with Crippen LogP contribution < -0.4 is 0 Å². The van der Waals surface area contributed by atoms with E-state index in [4.69, 9.17) is 17.0 Å². The molecule has 0 aliphatic carbocycles. The summed E-state index contributed by atoms with van der Waals surface area (Å²) in [4.78, 5) is 15.7. The number of carbonyl (C=O) groups is 1. The number of nitrogens with zero attached hydrogens (tertiary/aromatic N) is 2. The third kappa shape index (κ3) is 2.85. The summed E-state index contributed by atoms with van der Waals surface area (Å²) < 4.78 is 0.866. The molecule has 6 heteroatoms. The van der Waals surface area contributed by atoms with Crippen LogP contribution >= 0.6 is 11.6 Å². The molecule has 0 unspecified atom stereocenters. The van der Waals surface area contributed by atoms with Gasteiger partial charge in [0.1, 0.15) is 10.9 Å². The van der Waals surface area contributed by atoms with Crippen LogP contribution in [-0.4, -0.2) is 39.4 Å². The number of hydrogen-bond donors (Lipinski definition) is 2. The average Bonchev–Trinajstić information content (AvgIpc) is 2.45. The Morgan fingerprint density at radius 2 is 2.17 bits per heavy atom. The topological polar surface area (TPSA) is 76.5 Å². The highest BCUT2D eigenvalue weighted by Crippen LogP contribution is 2.22. The molecule has 0 bridgehead atoms. The summed E-state index contributed by atoms with van der Waals surface area (Å²) in [6, 6.07) is 0. The van der Waals surface area contributed by atoms with E-state index in [9.17, 15) is 10.0 Å². The number of hydroxylamine groups is 1. The van der Waals surface area contributed by atoms with Crippen molar-refractivity contribution >= 4 is 34.5 Å². The fourth-order valence-electron chi connectivity index (χ4n) is 1.70. The van der Waals surface area contributed by atoms with E-state index < -0.39 is 0 Å². The molecular weight excluding hydrogens is 254 g/mol. The van der Waals surface area contributed by atoms with Crippen molar-refractivity contribution in [2.75, 3.05) is 6.54 Å². The standard InChI is InChI=1S/C12H17ClN3O2/c1-4-8-6-9(14)11(16(18)5-2)10(7(3)17)15-12(8)13/h14,18H,4-6H2,1-3H3/q+1. The van der Waals surface area contributed by atoms with Gasteiger partial charge in [-0.05, 0) is 23.7 Å². The van der Waals surface area contributed by atoms with E-state index in [2.05, 4.69) is 4.99 Å². The molecule has 0 saturated heterocycles. The van der Waals surface area contributed by atoms with E-state index in [0.29, 0.717) is 12.8 Å². The maximum atomic E-state index is 11.6. The average molecular weight is 271 g/mol. The van der Waals surface area contributed by atoms with Crippen LogP contribution in [0.2, 0.25) is 0 Å². The Kier molecular flexibility index (Phi) is 4.78. The van der Waals surface area contributed by atoms with E-state index in [1.165, 1.54) is 6.92 Å². The predicted octanol–water partition coefficient (Wildman–Crippen LogP) is 2.16. The van der Waals surface area contributed by atoms with Gasteiger partial charge in [-0.3, -0.25) is 15.4 Å². The van der Waals surface area contributed by atoms with Crippen LogP contribution in [0, 0.1) is 5.41 Å². The Morgan fingerprint density at radius 1 is 1.56 bits per heavy atom. The molecule has 18 heavy (non-hydrogen) atoms. The van der Waals surface area contributed by atoms with Crippen molar-refractivity contribution < 1.29 is 14.7 Å². The van der Waals surface area contributed by atoms with Gasteiger partial charge in [-0.15, -0.1) is 0 Å². The fraction of sp³-hybridized carbons (Fsp3) is 0.500. The van der Waals surface area contributed by atoms with E-state index in [1.54, 1.807) is 6.92 Å². The van der Waals surface area contributed by atoms with Crippen LogP contribution in [-0.2, 0) is 4.79 Å². The largest absolute Gasteiger partial charge is 0.300 e. The van der Waals surface area contributed by atoms with Crippen molar-refractivity contribution in [2.24, 2.45) is 4.99 Å². The quantitative estimate of drug-likeness (QED) is 0.357. The number of rotatable bonds is 3. The van der Waals surface area contributed by atoms with Crippen molar-refractivity contribution in [1.82, 2.24) is 0 Å². The molecule has 98 valence electrons. The van der Waals surface area contributed by atoms with Crippen molar-refractivity contribution in [1.29, 1.82) is 5.41 Å². The number of Topliss-reactive ketones (excluding diaryl/α,β-unsaturated/α-hetero) is 1. The monoisotopic (exact) mass is 270 g/mol. The molecule has 0 atom stereocenters. The number of halogens is 1. The highest BCUT2D eigenvalue weighted by Gasteiger charge is 2.32. The summed E-state index contributed by atoms with van der Waals surface area (Å²) in [6.45, 7) is 5.24. The van der Waals surface area contributed by atoms with E-state index in [0.717, 1.165) is 10.3 Å². The Hall–Kier alpha value is -1.49. The van der Waals surface area contributed by atoms with Gasteiger partial charge in [0.2, 0.25) is 0 Å². The lowest BCUT2D eigenvalue weighted by molar-refractivity contribution is -0.770. The fourth-order valence-corrected chi connectivity index (χ4v) is 1.98. The van der Waals surface area contributed by atoms with Gasteiger partial charge >= 0.3 is 0 Å². The molecule has 0 aromatic rings. The smallest absolute Gasteiger partial charge is 0.298 e. The molecule has 0 amide bonds. The molecule has 1 aliphatic rings.